The summed E-state index contributed by atoms with van der Waals surface area (Å²) in [5.74, 6) is -3.15. The number of aliphatic hydroxyl groups is 1. The van der Waals surface area contributed by atoms with Crippen LogP contribution in [-0.2, 0) is 23.9 Å². The molecule has 218 valence electrons. The molecular weight excluding hydrogens is 508 g/mol. The van der Waals surface area contributed by atoms with Gasteiger partial charge in [0.25, 0.3) is 5.91 Å². The second kappa shape index (κ2) is 11.1. The second-order valence-electron chi connectivity index (χ2n) is 12.2. The number of fused-ring (bicyclic) bond motifs is 1. The number of anilines is 1. The molecule has 1 aromatic carbocycles. The number of esters is 1. The number of amides is 2. The minimum absolute atomic E-state index is 0.107. The Bertz CT molecular complexity index is 1200. The van der Waals surface area contributed by atoms with Gasteiger partial charge in [-0.25, -0.2) is 0 Å². The molecule has 40 heavy (non-hydrogen) atoms. The number of hydrogen-bond acceptors (Lipinski definition) is 6. The standard InChI is InChI=1S/C32H44N2O6/c1-9-11-15-39-30(38)26-25-28(36)34(24(18-35)19(3)4)27(32(25)17-22(7)31(26,8)40-32)29(37)33(14-10-2)23-16-20(5)12-13-21(23)6/h9-10,12-13,16,19,22,24-27,35H,1-2,11,14-15,17-18H2,3-8H3/t22?,24-,25-,26-,27?,31+,32?/m0/s1. The molecule has 0 saturated carbocycles. The van der Waals surface area contributed by atoms with Crippen molar-refractivity contribution in [1.29, 1.82) is 0 Å². The van der Waals surface area contributed by atoms with Crippen molar-refractivity contribution >= 4 is 23.5 Å². The lowest BCUT2D eigenvalue weighted by atomic mass is 9.62. The number of aryl methyl sites for hydroxylation is 2. The molecule has 1 N–H and O–H groups in total. The van der Waals surface area contributed by atoms with Gasteiger partial charge in [-0.3, -0.25) is 14.4 Å². The van der Waals surface area contributed by atoms with Crippen LogP contribution in [0.25, 0.3) is 0 Å². The molecule has 0 aliphatic carbocycles. The first-order chi connectivity index (χ1) is 18.9. The van der Waals surface area contributed by atoms with E-state index in [1.165, 1.54) is 4.90 Å². The predicted octanol–water partition coefficient (Wildman–Crippen LogP) is 3.97. The van der Waals surface area contributed by atoms with Crippen LogP contribution in [0.3, 0.4) is 0 Å². The van der Waals surface area contributed by atoms with Crippen LogP contribution in [0.1, 0.15) is 51.7 Å². The van der Waals surface area contributed by atoms with Crippen LogP contribution in [-0.4, -0.2) is 70.8 Å². The summed E-state index contributed by atoms with van der Waals surface area (Å²) >= 11 is 0. The Morgan fingerprint density at radius 2 is 1.98 bits per heavy atom. The molecule has 8 nitrogen and oxygen atoms in total. The molecule has 3 heterocycles. The number of hydrogen-bond donors (Lipinski definition) is 1. The van der Waals surface area contributed by atoms with Gasteiger partial charge < -0.3 is 24.4 Å². The third kappa shape index (κ3) is 4.49. The molecule has 3 aliphatic heterocycles. The molecule has 4 rings (SSSR count). The normalized spacial score (nSPS) is 31.3. The van der Waals surface area contributed by atoms with E-state index in [1.54, 1.807) is 17.1 Å². The Morgan fingerprint density at radius 3 is 2.58 bits per heavy atom. The average molecular weight is 553 g/mol. The summed E-state index contributed by atoms with van der Waals surface area (Å²) in [6, 6.07) is 4.25. The highest BCUT2D eigenvalue weighted by atomic mass is 16.6. The summed E-state index contributed by atoms with van der Waals surface area (Å²) in [5.41, 5.74) is 0.438. The van der Waals surface area contributed by atoms with Crippen LogP contribution in [0.5, 0.6) is 0 Å². The highest BCUT2D eigenvalue weighted by Crippen LogP contribution is 2.66. The van der Waals surface area contributed by atoms with Gasteiger partial charge in [0, 0.05) is 12.2 Å². The molecule has 3 aliphatic rings. The van der Waals surface area contributed by atoms with E-state index >= 15 is 0 Å². The Morgan fingerprint density at radius 1 is 1.27 bits per heavy atom. The minimum atomic E-state index is -1.23. The van der Waals surface area contributed by atoms with E-state index in [0.717, 1.165) is 16.8 Å². The van der Waals surface area contributed by atoms with Gasteiger partial charge in [0.1, 0.15) is 17.6 Å². The van der Waals surface area contributed by atoms with Crippen molar-refractivity contribution in [3.63, 3.8) is 0 Å². The average Bonchev–Trinajstić information content (AvgIpc) is 3.41. The molecule has 0 aromatic heterocycles. The quantitative estimate of drug-likeness (QED) is 0.254. The summed E-state index contributed by atoms with van der Waals surface area (Å²) in [5, 5.41) is 10.5. The van der Waals surface area contributed by atoms with E-state index in [2.05, 4.69) is 13.2 Å². The smallest absolute Gasteiger partial charge is 0.312 e. The van der Waals surface area contributed by atoms with E-state index < -0.39 is 41.1 Å². The zero-order valence-electron chi connectivity index (χ0n) is 24.7. The van der Waals surface area contributed by atoms with E-state index in [4.69, 9.17) is 9.47 Å². The van der Waals surface area contributed by atoms with Crippen LogP contribution in [0.15, 0.2) is 43.5 Å². The molecule has 3 fully saturated rings. The van der Waals surface area contributed by atoms with Gasteiger partial charge >= 0.3 is 5.97 Å². The summed E-state index contributed by atoms with van der Waals surface area (Å²) in [6.45, 7) is 19.3. The van der Waals surface area contributed by atoms with Crippen molar-refractivity contribution in [2.75, 3.05) is 24.7 Å². The number of rotatable bonds is 11. The number of nitrogens with zero attached hydrogens (tertiary/aromatic N) is 2. The molecule has 7 atom stereocenters. The Labute approximate surface area is 238 Å². The van der Waals surface area contributed by atoms with Crippen molar-refractivity contribution in [2.45, 2.75) is 77.7 Å². The highest BCUT2D eigenvalue weighted by molar-refractivity contribution is 6.05. The van der Waals surface area contributed by atoms with E-state index in [1.807, 2.05) is 59.7 Å². The lowest BCUT2D eigenvalue weighted by Gasteiger charge is -2.41. The lowest BCUT2D eigenvalue weighted by Crippen LogP contribution is -2.60. The minimum Gasteiger partial charge on any atom is -0.465 e. The second-order valence-corrected chi connectivity index (χ2v) is 12.2. The van der Waals surface area contributed by atoms with Gasteiger partial charge in [-0.1, -0.05) is 45.1 Å². The number of carbonyl (C=O) groups excluding carboxylic acids is 3. The molecule has 2 bridgehead atoms. The van der Waals surface area contributed by atoms with Crippen molar-refractivity contribution < 1.29 is 29.0 Å². The third-order valence-electron chi connectivity index (χ3n) is 9.35. The van der Waals surface area contributed by atoms with Gasteiger partial charge in [-0.05, 0) is 62.6 Å². The monoisotopic (exact) mass is 552 g/mol. The van der Waals surface area contributed by atoms with Crippen LogP contribution in [0, 0.1) is 37.5 Å². The van der Waals surface area contributed by atoms with Gasteiger partial charge in [0.2, 0.25) is 5.91 Å². The van der Waals surface area contributed by atoms with Gasteiger partial charge in [0.05, 0.1) is 30.8 Å². The SMILES string of the molecule is C=CCCOC(=O)[C@@H]1[C@H]2C(=O)N([C@@H](CO)C(C)C)C(C(=O)N(CC=C)c3cc(C)ccc3C)C23CC(C)[C@@]1(C)O3. The molecule has 2 amide bonds. The molecule has 8 heteroatoms. The van der Waals surface area contributed by atoms with Crippen molar-refractivity contribution in [2.24, 2.45) is 23.7 Å². The largest absolute Gasteiger partial charge is 0.465 e. The first-order valence-electron chi connectivity index (χ1n) is 14.3. The van der Waals surface area contributed by atoms with Gasteiger partial charge in [0.15, 0.2) is 0 Å². The Hall–Kier alpha value is -2.97. The number of benzene rings is 1. The number of aliphatic hydroxyl groups excluding tert-OH is 1. The van der Waals surface area contributed by atoms with E-state index in [0.29, 0.717) is 12.8 Å². The lowest BCUT2D eigenvalue weighted by molar-refractivity contribution is -0.162. The topological polar surface area (TPSA) is 96.4 Å². The van der Waals surface area contributed by atoms with Crippen LogP contribution >= 0.6 is 0 Å². The fourth-order valence-electron chi connectivity index (χ4n) is 7.22. The fraction of sp³-hybridized carbons (Fsp3) is 0.594. The molecule has 3 saturated heterocycles. The summed E-state index contributed by atoms with van der Waals surface area (Å²) in [4.78, 5) is 46.0. The Kier molecular flexibility index (Phi) is 8.35. The molecule has 0 radical (unpaired) electrons. The number of likely N-dealkylation sites (tertiary alicyclic amines) is 1. The molecule has 1 aromatic rings. The Balaban J connectivity index is 1.88. The molecule has 1 spiro atoms. The van der Waals surface area contributed by atoms with Gasteiger partial charge in [-0.15, -0.1) is 13.2 Å². The fourth-order valence-corrected chi connectivity index (χ4v) is 7.22. The first-order valence-corrected chi connectivity index (χ1v) is 14.3. The third-order valence-corrected chi connectivity index (χ3v) is 9.35. The van der Waals surface area contributed by atoms with Crippen molar-refractivity contribution in [1.82, 2.24) is 4.90 Å². The number of ether oxygens (including phenoxy) is 2. The predicted molar refractivity (Wildman–Crippen MR) is 154 cm³/mol. The summed E-state index contributed by atoms with van der Waals surface area (Å²) < 4.78 is 12.4. The van der Waals surface area contributed by atoms with Gasteiger partial charge in [-0.2, -0.15) is 0 Å². The summed E-state index contributed by atoms with van der Waals surface area (Å²) in [7, 11) is 0. The van der Waals surface area contributed by atoms with Crippen molar-refractivity contribution in [3.8, 4) is 0 Å². The maximum absolute atomic E-state index is 14.8. The van der Waals surface area contributed by atoms with Crippen LogP contribution in [0.4, 0.5) is 5.69 Å². The van der Waals surface area contributed by atoms with E-state index in [9.17, 15) is 19.5 Å². The first kappa shape index (κ1) is 30.0. The van der Waals surface area contributed by atoms with Crippen LogP contribution < -0.4 is 4.90 Å². The number of carbonyl (C=O) groups is 3. The maximum Gasteiger partial charge on any atom is 0.312 e. The van der Waals surface area contributed by atoms with Crippen LogP contribution in [0.2, 0.25) is 0 Å². The summed E-state index contributed by atoms with van der Waals surface area (Å²) in [6.07, 6.45) is 4.27. The zero-order valence-corrected chi connectivity index (χ0v) is 24.7. The zero-order chi connectivity index (χ0) is 29.6. The maximum atomic E-state index is 14.8. The van der Waals surface area contributed by atoms with Crippen molar-refractivity contribution in [3.05, 3.63) is 54.6 Å². The van der Waals surface area contributed by atoms with E-state index in [-0.39, 0.29) is 43.4 Å². The molecular formula is C32H44N2O6. The molecule has 3 unspecified atom stereocenters. The highest BCUT2D eigenvalue weighted by Gasteiger charge is 2.81.